The van der Waals surface area contributed by atoms with Crippen molar-refractivity contribution in [2.75, 3.05) is 4.72 Å². The molecule has 0 aromatic heterocycles. The van der Waals surface area contributed by atoms with Crippen molar-refractivity contribution in [3.63, 3.8) is 0 Å². The van der Waals surface area contributed by atoms with Crippen molar-refractivity contribution in [2.45, 2.75) is 31.8 Å². The molecule has 0 radical (unpaired) electrons. The molecule has 0 amide bonds. The molecule has 1 atom stereocenters. The summed E-state index contributed by atoms with van der Waals surface area (Å²) in [6.07, 6.45) is -4.96. The lowest BCUT2D eigenvalue weighted by atomic mass is 10.2. The van der Waals surface area contributed by atoms with Crippen molar-refractivity contribution >= 4 is 16.7 Å². The molecule has 2 aromatic rings. The molecule has 0 spiro atoms. The van der Waals surface area contributed by atoms with Crippen molar-refractivity contribution < 1.29 is 30.6 Å². The number of alkyl halides is 3. The van der Waals surface area contributed by atoms with Gasteiger partial charge < -0.3 is 0 Å². The van der Waals surface area contributed by atoms with Gasteiger partial charge in [-0.2, -0.15) is 13.2 Å². The average molecular weight is 383 g/mol. The predicted molar refractivity (Wildman–Crippen MR) is 83.9 cm³/mol. The molecular formula is C16H15F6NOS. The fourth-order valence-electron chi connectivity index (χ4n) is 1.74. The summed E-state index contributed by atoms with van der Waals surface area (Å²) in [5, 5.41) is 0. The van der Waals surface area contributed by atoms with Crippen LogP contribution >= 0.6 is 0 Å². The van der Waals surface area contributed by atoms with E-state index in [1.165, 1.54) is 0 Å². The molecule has 0 saturated carbocycles. The smallest absolute Gasteiger partial charge is 0.298 e. The molecule has 0 bridgehead atoms. The highest BCUT2D eigenvalue weighted by molar-refractivity contribution is 7.86. The van der Waals surface area contributed by atoms with E-state index in [0.717, 1.165) is 25.1 Å². The second-order valence-electron chi connectivity index (χ2n) is 4.54. The van der Waals surface area contributed by atoms with Gasteiger partial charge in [-0.3, -0.25) is 4.72 Å². The van der Waals surface area contributed by atoms with E-state index < -0.39 is 45.1 Å². The Bertz CT molecular complexity index is 776. The summed E-state index contributed by atoms with van der Waals surface area (Å²) < 4.78 is 92.1. The molecule has 0 fully saturated rings. The van der Waals surface area contributed by atoms with Gasteiger partial charge in [0.2, 0.25) is 0 Å². The van der Waals surface area contributed by atoms with Crippen LogP contribution in [-0.2, 0) is 17.2 Å². The Morgan fingerprint density at radius 1 is 0.960 bits per heavy atom. The van der Waals surface area contributed by atoms with Gasteiger partial charge in [0, 0.05) is 5.56 Å². The van der Waals surface area contributed by atoms with Crippen LogP contribution < -0.4 is 4.72 Å². The highest BCUT2D eigenvalue weighted by Gasteiger charge is 2.34. The maximum Gasteiger partial charge on any atom is 0.419 e. The third-order valence-corrected chi connectivity index (χ3v) is 4.07. The number of nitrogens with one attached hydrogen (secondary N) is 1. The van der Waals surface area contributed by atoms with Gasteiger partial charge in [0.1, 0.15) is 22.6 Å². The van der Waals surface area contributed by atoms with Crippen LogP contribution in [0.4, 0.5) is 32.0 Å². The Balaban J connectivity index is 0.00000151. The average Bonchev–Trinajstić information content (AvgIpc) is 2.56. The SMILES string of the molecule is CC.Cc1c(F)ccc(NS(=O)c2ccc(F)c(C(F)(F)F)c2)c1F. The van der Waals surface area contributed by atoms with Gasteiger partial charge in [-0.25, -0.2) is 17.4 Å². The lowest BCUT2D eigenvalue weighted by molar-refractivity contribution is -0.140. The second-order valence-corrected chi connectivity index (χ2v) is 5.76. The molecule has 2 aromatic carbocycles. The Morgan fingerprint density at radius 2 is 1.52 bits per heavy atom. The van der Waals surface area contributed by atoms with E-state index in [9.17, 15) is 30.6 Å². The molecule has 9 heteroatoms. The van der Waals surface area contributed by atoms with E-state index in [2.05, 4.69) is 4.72 Å². The van der Waals surface area contributed by atoms with Gasteiger partial charge >= 0.3 is 6.18 Å². The topological polar surface area (TPSA) is 29.1 Å². The monoisotopic (exact) mass is 383 g/mol. The molecule has 0 aliphatic rings. The highest BCUT2D eigenvalue weighted by atomic mass is 32.2. The summed E-state index contributed by atoms with van der Waals surface area (Å²) in [6.45, 7) is 5.15. The highest BCUT2D eigenvalue weighted by Crippen LogP contribution is 2.32. The first-order valence-corrected chi connectivity index (χ1v) is 8.26. The molecular weight excluding hydrogens is 368 g/mol. The molecule has 0 aliphatic carbocycles. The lowest BCUT2D eigenvalue weighted by Crippen LogP contribution is -2.12. The molecule has 0 aliphatic heterocycles. The minimum absolute atomic E-state index is 0.331. The zero-order valence-electron chi connectivity index (χ0n) is 13.5. The van der Waals surface area contributed by atoms with Crippen molar-refractivity contribution in [1.29, 1.82) is 0 Å². The fraction of sp³-hybridized carbons (Fsp3) is 0.250. The zero-order valence-corrected chi connectivity index (χ0v) is 14.3. The number of hydrogen-bond donors (Lipinski definition) is 1. The first-order valence-electron chi connectivity index (χ1n) is 7.11. The van der Waals surface area contributed by atoms with Crippen LogP contribution in [0.2, 0.25) is 0 Å². The minimum Gasteiger partial charge on any atom is -0.298 e. The number of anilines is 1. The molecule has 1 unspecified atom stereocenters. The number of hydrogen-bond acceptors (Lipinski definition) is 1. The zero-order chi connectivity index (χ0) is 19.4. The Kier molecular flexibility index (Phi) is 7.04. The summed E-state index contributed by atoms with van der Waals surface area (Å²) in [4.78, 5) is -0.403. The van der Waals surface area contributed by atoms with E-state index in [4.69, 9.17) is 0 Å². The van der Waals surface area contributed by atoms with Crippen LogP contribution in [0.15, 0.2) is 35.2 Å². The summed E-state index contributed by atoms with van der Waals surface area (Å²) in [6, 6.07) is 3.65. The van der Waals surface area contributed by atoms with Gasteiger partial charge in [-0.15, -0.1) is 0 Å². The number of rotatable bonds is 3. The molecule has 1 N–H and O–H groups in total. The lowest BCUT2D eigenvalue weighted by Gasteiger charge is -2.12. The van der Waals surface area contributed by atoms with Crippen molar-refractivity contribution in [3.8, 4) is 0 Å². The minimum atomic E-state index is -4.96. The summed E-state index contributed by atoms with van der Waals surface area (Å²) >= 11 is 0. The maximum absolute atomic E-state index is 13.8. The largest absolute Gasteiger partial charge is 0.419 e. The van der Waals surface area contributed by atoms with E-state index in [1.54, 1.807) is 0 Å². The Labute approximate surface area is 143 Å². The Morgan fingerprint density at radius 3 is 2.08 bits per heavy atom. The van der Waals surface area contributed by atoms with Crippen molar-refractivity contribution in [3.05, 3.63) is 58.9 Å². The van der Waals surface area contributed by atoms with Gasteiger partial charge in [0.05, 0.1) is 16.1 Å². The second kappa shape index (κ2) is 8.37. The standard InChI is InChI=1S/C14H9F6NOS.C2H6/c1-7-10(15)4-5-12(13(7)17)21-23(22)8-2-3-11(16)9(6-8)14(18,19)20;1-2/h2-6,21H,1H3;1-2H3. The molecule has 2 nitrogen and oxygen atoms in total. The first kappa shape index (κ1) is 21.0. The van der Waals surface area contributed by atoms with E-state index in [-0.39, 0.29) is 11.3 Å². The van der Waals surface area contributed by atoms with Crippen LogP contribution in [0, 0.1) is 24.4 Å². The van der Waals surface area contributed by atoms with Crippen LogP contribution in [0.3, 0.4) is 0 Å². The molecule has 0 heterocycles. The molecule has 2 rings (SSSR count). The van der Waals surface area contributed by atoms with Crippen LogP contribution in [0.5, 0.6) is 0 Å². The molecule has 138 valence electrons. The summed E-state index contributed by atoms with van der Waals surface area (Å²) in [5.74, 6) is -3.35. The molecule has 0 saturated heterocycles. The number of halogens is 6. The van der Waals surface area contributed by atoms with E-state index in [0.29, 0.717) is 12.1 Å². The van der Waals surface area contributed by atoms with Crippen LogP contribution in [0.25, 0.3) is 0 Å². The van der Waals surface area contributed by atoms with Crippen molar-refractivity contribution in [2.24, 2.45) is 0 Å². The van der Waals surface area contributed by atoms with Gasteiger partial charge in [0.15, 0.2) is 5.82 Å². The first-order chi connectivity index (χ1) is 11.6. The van der Waals surface area contributed by atoms with Gasteiger partial charge in [-0.1, -0.05) is 13.8 Å². The van der Waals surface area contributed by atoms with E-state index in [1.807, 2.05) is 13.8 Å². The quantitative estimate of drug-likeness (QED) is 0.688. The van der Waals surface area contributed by atoms with Crippen LogP contribution in [0.1, 0.15) is 25.0 Å². The third-order valence-electron chi connectivity index (χ3n) is 2.98. The normalized spacial score (nSPS) is 12.2. The summed E-state index contributed by atoms with van der Waals surface area (Å²) in [5.41, 5.74) is -2.26. The fourth-order valence-corrected chi connectivity index (χ4v) is 2.63. The van der Waals surface area contributed by atoms with Crippen molar-refractivity contribution in [1.82, 2.24) is 0 Å². The van der Waals surface area contributed by atoms with E-state index >= 15 is 0 Å². The number of benzene rings is 2. The van der Waals surface area contributed by atoms with Crippen LogP contribution in [-0.4, -0.2) is 4.21 Å². The third kappa shape index (κ3) is 4.97. The molecule has 25 heavy (non-hydrogen) atoms. The van der Waals surface area contributed by atoms with Gasteiger partial charge in [0.25, 0.3) is 0 Å². The predicted octanol–water partition coefficient (Wildman–Crippen LogP) is 5.59. The van der Waals surface area contributed by atoms with Gasteiger partial charge in [-0.05, 0) is 37.3 Å². The maximum atomic E-state index is 13.8. The summed E-state index contributed by atoms with van der Waals surface area (Å²) in [7, 11) is -2.29. The Hall–Kier alpha value is -2.03.